The Morgan fingerprint density at radius 3 is 2.62 bits per heavy atom. The van der Waals surface area contributed by atoms with Crippen LogP contribution in [0.1, 0.15) is 33.6 Å². The number of ether oxygens (including phenoxy) is 1. The fourth-order valence-electron chi connectivity index (χ4n) is 2.60. The van der Waals surface area contributed by atoms with E-state index in [1.807, 2.05) is 20.8 Å². The van der Waals surface area contributed by atoms with Gasteiger partial charge in [0.1, 0.15) is 16.3 Å². The maximum Gasteiger partial charge on any atom is 0.410 e. The van der Waals surface area contributed by atoms with Gasteiger partial charge in [-0.1, -0.05) is 0 Å². The molecule has 1 aliphatic rings. The minimum absolute atomic E-state index is 0.0413. The molecule has 2 rings (SSSR count). The Kier molecular flexibility index (Phi) is 6.51. The molecule has 0 spiro atoms. The topological polar surface area (TPSA) is 115 Å². The molecule has 0 aliphatic carbocycles. The number of likely N-dealkylation sites (tertiary alicyclic amines) is 1. The van der Waals surface area contributed by atoms with Gasteiger partial charge in [-0.3, -0.25) is 0 Å². The molecule has 26 heavy (non-hydrogen) atoms. The Labute approximate surface area is 162 Å². The third-order valence-corrected chi connectivity index (χ3v) is 5.85. The van der Waals surface area contributed by atoms with Gasteiger partial charge in [-0.15, -0.1) is 0 Å². The first-order valence-electron chi connectivity index (χ1n) is 8.36. The van der Waals surface area contributed by atoms with E-state index >= 15 is 0 Å². The predicted octanol–water partition coefficient (Wildman–Crippen LogP) is 2.35. The summed E-state index contributed by atoms with van der Waals surface area (Å²) >= 11 is 3.20. The molecule has 3 N–H and O–H groups in total. The number of sulfonamides is 1. The lowest BCUT2D eigenvalue weighted by Gasteiger charge is -2.33. The fraction of sp³-hybridized carbons (Fsp3) is 0.625. The Bertz CT molecular complexity index is 756. The second-order valence-corrected chi connectivity index (χ2v) is 9.95. The van der Waals surface area contributed by atoms with Gasteiger partial charge >= 0.3 is 6.09 Å². The van der Waals surface area contributed by atoms with Crippen LogP contribution in [0.3, 0.4) is 0 Å². The number of nitrogen functional groups attached to an aromatic ring is 1. The Morgan fingerprint density at radius 1 is 1.42 bits per heavy atom. The highest BCUT2D eigenvalue weighted by Gasteiger charge is 2.28. The van der Waals surface area contributed by atoms with Crippen LogP contribution in [0.25, 0.3) is 0 Å². The van der Waals surface area contributed by atoms with E-state index < -0.39 is 15.6 Å². The summed E-state index contributed by atoms with van der Waals surface area (Å²) in [5.41, 5.74) is 5.15. The number of carbonyl (C=O) groups is 1. The van der Waals surface area contributed by atoms with Crippen LogP contribution in [0.4, 0.5) is 10.6 Å². The number of rotatable bonds is 4. The van der Waals surface area contributed by atoms with Crippen molar-refractivity contribution in [1.82, 2.24) is 14.6 Å². The van der Waals surface area contributed by atoms with Crippen LogP contribution in [0.5, 0.6) is 0 Å². The summed E-state index contributed by atoms with van der Waals surface area (Å²) in [5.74, 6) is 0.102. The molecule has 1 aromatic heterocycles. The first-order chi connectivity index (χ1) is 12.0. The highest BCUT2D eigenvalue weighted by molar-refractivity contribution is 9.10. The fourth-order valence-corrected chi connectivity index (χ4v) is 4.30. The molecule has 8 nitrogen and oxygen atoms in total. The molecule has 1 amide bonds. The zero-order valence-corrected chi connectivity index (χ0v) is 17.6. The highest BCUT2D eigenvalue weighted by atomic mass is 79.9. The average Bonchev–Trinajstić information content (AvgIpc) is 2.54. The van der Waals surface area contributed by atoms with E-state index in [0.29, 0.717) is 30.4 Å². The van der Waals surface area contributed by atoms with Gasteiger partial charge in [0.2, 0.25) is 10.0 Å². The van der Waals surface area contributed by atoms with Gasteiger partial charge < -0.3 is 15.4 Å². The molecule has 0 saturated carbocycles. The normalized spacial score (nSPS) is 16.5. The minimum atomic E-state index is -3.74. The maximum absolute atomic E-state index is 12.4. The van der Waals surface area contributed by atoms with E-state index in [0.717, 1.165) is 0 Å². The highest BCUT2D eigenvalue weighted by Crippen LogP contribution is 2.22. The van der Waals surface area contributed by atoms with Crippen molar-refractivity contribution in [1.29, 1.82) is 0 Å². The lowest BCUT2D eigenvalue weighted by molar-refractivity contribution is 0.0185. The van der Waals surface area contributed by atoms with Crippen molar-refractivity contribution in [2.75, 3.05) is 25.4 Å². The number of nitrogens with one attached hydrogen (secondary N) is 1. The quantitative estimate of drug-likeness (QED) is 0.730. The molecule has 1 saturated heterocycles. The van der Waals surface area contributed by atoms with Crippen molar-refractivity contribution in [3.63, 3.8) is 0 Å². The van der Waals surface area contributed by atoms with E-state index in [1.165, 1.54) is 12.3 Å². The number of piperidine rings is 1. The molecule has 0 bridgehead atoms. The van der Waals surface area contributed by atoms with Crippen LogP contribution in [0, 0.1) is 5.92 Å². The third-order valence-electron chi connectivity index (χ3n) is 3.97. The second kappa shape index (κ2) is 8.10. The van der Waals surface area contributed by atoms with Crippen LogP contribution in [-0.4, -0.2) is 49.6 Å². The molecule has 1 aliphatic heterocycles. The smallest absolute Gasteiger partial charge is 0.410 e. The number of amides is 1. The SMILES string of the molecule is CC(C)(C)OC(=O)N1CCC(CNS(=O)(=O)c2cc(Br)cnc2N)CC1. The molecule has 146 valence electrons. The van der Waals surface area contributed by atoms with Crippen LogP contribution in [-0.2, 0) is 14.8 Å². The van der Waals surface area contributed by atoms with Crippen molar-refractivity contribution in [2.24, 2.45) is 5.92 Å². The maximum atomic E-state index is 12.4. The van der Waals surface area contributed by atoms with Crippen molar-refractivity contribution in [3.05, 3.63) is 16.7 Å². The van der Waals surface area contributed by atoms with Crippen molar-refractivity contribution < 1.29 is 17.9 Å². The molecule has 0 atom stereocenters. The van der Waals surface area contributed by atoms with E-state index in [1.54, 1.807) is 4.90 Å². The Balaban J connectivity index is 1.88. The summed E-state index contributed by atoms with van der Waals surface area (Å²) in [6, 6.07) is 1.43. The summed E-state index contributed by atoms with van der Waals surface area (Å²) < 4.78 is 33.4. The molecule has 0 unspecified atom stereocenters. The summed E-state index contributed by atoms with van der Waals surface area (Å²) in [7, 11) is -3.74. The number of aromatic nitrogens is 1. The van der Waals surface area contributed by atoms with Gasteiger partial charge in [-0.25, -0.2) is 22.9 Å². The van der Waals surface area contributed by atoms with E-state index in [2.05, 4.69) is 25.6 Å². The molecule has 1 fully saturated rings. The molecular weight excluding hydrogens is 424 g/mol. The summed E-state index contributed by atoms with van der Waals surface area (Å²) in [6.45, 7) is 6.86. The van der Waals surface area contributed by atoms with Crippen molar-refractivity contribution in [2.45, 2.75) is 44.1 Å². The largest absolute Gasteiger partial charge is 0.444 e. The van der Waals surface area contributed by atoms with Gasteiger partial charge in [0.05, 0.1) is 0 Å². The zero-order valence-electron chi connectivity index (χ0n) is 15.2. The number of halogens is 1. The second-order valence-electron chi connectivity index (χ2n) is 7.30. The number of hydrogen-bond donors (Lipinski definition) is 2. The first kappa shape index (κ1) is 20.9. The third kappa shape index (κ3) is 5.82. The van der Waals surface area contributed by atoms with Crippen LogP contribution in [0.2, 0.25) is 0 Å². The first-order valence-corrected chi connectivity index (χ1v) is 10.6. The monoisotopic (exact) mass is 448 g/mol. The van der Waals surface area contributed by atoms with Gasteiger partial charge in [-0.05, 0) is 61.5 Å². The van der Waals surface area contributed by atoms with Crippen LogP contribution >= 0.6 is 15.9 Å². The molecule has 10 heteroatoms. The number of nitrogens with two attached hydrogens (primary N) is 1. The van der Waals surface area contributed by atoms with E-state index in [4.69, 9.17) is 10.5 Å². The summed E-state index contributed by atoms with van der Waals surface area (Å²) in [4.78, 5) is 17.5. The molecular formula is C16H25BrN4O4S. The number of hydrogen-bond acceptors (Lipinski definition) is 6. The van der Waals surface area contributed by atoms with Gasteiger partial charge in [0.15, 0.2) is 0 Å². The Morgan fingerprint density at radius 2 is 2.04 bits per heavy atom. The Hall–Kier alpha value is -1.39. The molecule has 2 heterocycles. The lowest BCUT2D eigenvalue weighted by atomic mass is 9.97. The molecule has 0 radical (unpaired) electrons. The number of pyridine rings is 1. The van der Waals surface area contributed by atoms with Gasteiger partial charge in [0.25, 0.3) is 0 Å². The zero-order chi connectivity index (χ0) is 19.5. The predicted molar refractivity (Wildman–Crippen MR) is 102 cm³/mol. The van der Waals surface area contributed by atoms with Gasteiger partial charge in [0, 0.05) is 30.3 Å². The molecule has 1 aromatic rings. The average molecular weight is 449 g/mol. The number of carbonyl (C=O) groups excluding carboxylic acids is 1. The number of anilines is 1. The number of nitrogens with zero attached hydrogens (tertiary/aromatic N) is 2. The van der Waals surface area contributed by atoms with Crippen LogP contribution < -0.4 is 10.5 Å². The standard InChI is InChI=1S/C16H25BrN4O4S/c1-16(2,3)25-15(22)21-6-4-11(5-7-21)9-20-26(23,24)13-8-12(17)10-19-14(13)18/h8,10-11,20H,4-7,9H2,1-3H3,(H2,18,19). The lowest BCUT2D eigenvalue weighted by Crippen LogP contribution is -2.43. The summed E-state index contributed by atoms with van der Waals surface area (Å²) in [5, 5.41) is 0. The van der Waals surface area contributed by atoms with Crippen molar-refractivity contribution >= 4 is 37.9 Å². The van der Waals surface area contributed by atoms with E-state index in [9.17, 15) is 13.2 Å². The molecule has 0 aromatic carbocycles. The van der Waals surface area contributed by atoms with Gasteiger partial charge in [-0.2, -0.15) is 0 Å². The summed E-state index contributed by atoms with van der Waals surface area (Å²) in [6.07, 6.45) is 2.52. The van der Waals surface area contributed by atoms with Crippen LogP contribution in [0.15, 0.2) is 21.6 Å². The van der Waals surface area contributed by atoms with Crippen molar-refractivity contribution in [3.8, 4) is 0 Å². The van der Waals surface area contributed by atoms with E-state index in [-0.39, 0.29) is 29.3 Å². The minimum Gasteiger partial charge on any atom is -0.444 e.